The number of hydrogen-bond acceptors (Lipinski definition) is 4. The third kappa shape index (κ3) is 2.89. The molecular weight excluding hydrogens is 280 g/mol. The summed E-state index contributed by atoms with van der Waals surface area (Å²) in [5.74, 6) is 3.85. The van der Waals surface area contributed by atoms with Crippen LogP contribution in [0.4, 0.5) is 11.8 Å². The molecule has 0 aromatic carbocycles. The van der Waals surface area contributed by atoms with Crippen molar-refractivity contribution in [2.45, 2.75) is 25.7 Å². The predicted molar refractivity (Wildman–Crippen MR) is 71.6 cm³/mol. The molecule has 17 heavy (non-hydrogen) atoms. The summed E-state index contributed by atoms with van der Waals surface area (Å²) in [5, 5.41) is 3.34. The highest BCUT2D eigenvalue weighted by molar-refractivity contribution is 9.10. The lowest BCUT2D eigenvalue weighted by molar-refractivity contribution is 0.427. The van der Waals surface area contributed by atoms with Gasteiger partial charge in [-0.2, -0.15) is 4.98 Å². The number of hydrogen-bond donors (Lipinski definition) is 2. The van der Waals surface area contributed by atoms with Gasteiger partial charge in [0, 0.05) is 12.6 Å². The van der Waals surface area contributed by atoms with Gasteiger partial charge in [-0.15, -0.1) is 0 Å². The molecule has 92 valence electrons. The summed E-state index contributed by atoms with van der Waals surface area (Å²) in [7, 11) is 0. The minimum Gasteiger partial charge on any atom is -0.383 e. The number of nitrogens with two attached hydrogens (primary N) is 1. The molecule has 2 fully saturated rings. The van der Waals surface area contributed by atoms with E-state index in [1.165, 1.54) is 25.7 Å². The number of rotatable bonds is 5. The lowest BCUT2D eigenvalue weighted by Gasteiger charge is -2.16. The van der Waals surface area contributed by atoms with Crippen LogP contribution < -0.4 is 11.1 Å². The zero-order chi connectivity index (χ0) is 11.8. The smallest absolute Gasteiger partial charge is 0.225 e. The standard InChI is InChI=1S/C12H17BrN4/c13-10-5-11(14)17-12(16-10)15-6-9(7-1-2-7)8-3-4-8/h5,7-9H,1-4,6H2,(H3,14,15,16,17). The third-order valence-electron chi connectivity index (χ3n) is 3.67. The second-order valence-corrected chi connectivity index (χ2v) is 5.97. The first kappa shape index (κ1) is 11.3. The van der Waals surface area contributed by atoms with Crippen molar-refractivity contribution in [2.75, 3.05) is 17.6 Å². The number of nitrogens with one attached hydrogen (secondary N) is 1. The summed E-state index contributed by atoms with van der Waals surface area (Å²) in [6.07, 6.45) is 5.63. The molecule has 5 heteroatoms. The summed E-state index contributed by atoms with van der Waals surface area (Å²) < 4.78 is 0.738. The van der Waals surface area contributed by atoms with Gasteiger partial charge >= 0.3 is 0 Å². The first-order valence-corrected chi connectivity index (χ1v) is 7.05. The molecule has 0 saturated heterocycles. The summed E-state index contributed by atoms with van der Waals surface area (Å²) in [6, 6.07) is 1.71. The van der Waals surface area contributed by atoms with E-state index >= 15 is 0 Å². The highest BCUT2D eigenvalue weighted by Crippen LogP contribution is 2.49. The van der Waals surface area contributed by atoms with Gasteiger partial charge in [-0.05, 0) is 59.4 Å². The van der Waals surface area contributed by atoms with E-state index < -0.39 is 0 Å². The molecule has 0 unspecified atom stereocenters. The SMILES string of the molecule is Nc1cc(Br)nc(NCC(C2CC2)C2CC2)n1. The molecule has 3 N–H and O–H groups in total. The van der Waals surface area contributed by atoms with Crippen LogP contribution in [0.25, 0.3) is 0 Å². The topological polar surface area (TPSA) is 63.8 Å². The van der Waals surface area contributed by atoms with E-state index in [1.807, 2.05) is 0 Å². The van der Waals surface area contributed by atoms with Crippen molar-refractivity contribution >= 4 is 27.7 Å². The molecule has 1 aromatic rings. The second kappa shape index (κ2) is 4.44. The first-order valence-electron chi connectivity index (χ1n) is 6.26. The number of aromatic nitrogens is 2. The first-order chi connectivity index (χ1) is 8.22. The Balaban J connectivity index is 1.61. The number of halogens is 1. The van der Waals surface area contributed by atoms with E-state index in [4.69, 9.17) is 5.73 Å². The van der Waals surface area contributed by atoms with Crippen LogP contribution in [-0.4, -0.2) is 16.5 Å². The zero-order valence-corrected chi connectivity index (χ0v) is 11.3. The monoisotopic (exact) mass is 296 g/mol. The van der Waals surface area contributed by atoms with Crippen LogP contribution in [0.1, 0.15) is 25.7 Å². The third-order valence-corrected chi connectivity index (χ3v) is 4.07. The normalized spacial score (nSPS) is 19.6. The van der Waals surface area contributed by atoms with Crippen LogP contribution in [0.15, 0.2) is 10.7 Å². The summed E-state index contributed by atoms with van der Waals surface area (Å²) in [6.45, 7) is 0.991. The van der Waals surface area contributed by atoms with E-state index in [1.54, 1.807) is 6.07 Å². The Hall–Kier alpha value is -0.840. The van der Waals surface area contributed by atoms with Gasteiger partial charge in [-0.25, -0.2) is 4.98 Å². The Kier molecular flexibility index (Phi) is 2.94. The Morgan fingerprint density at radius 1 is 1.29 bits per heavy atom. The predicted octanol–water partition coefficient (Wildman–Crippen LogP) is 2.67. The molecule has 3 rings (SSSR count). The van der Waals surface area contributed by atoms with Crippen molar-refractivity contribution in [2.24, 2.45) is 17.8 Å². The number of anilines is 2. The molecule has 1 aromatic heterocycles. The summed E-state index contributed by atoms with van der Waals surface area (Å²) in [4.78, 5) is 8.47. The lowest BCUT2D eigenvalue weighted by Crippen LogP contribution is -2.19. The lowest BCUT2D eigenvalue weighted by atomic mass is 9.98. The zero-order valence-electron chi connectivity index (χ0n) is 9.69. The maximum atomic E-state index is 5.69. The van der Waals surface area contributed by atoms with Crippen molar-refractivity contribution in [1.82, 2.24) is 9.97 Å². The molecule has 0 radical (unpaired) electrons. The van der Waals surface area contributed by atoms with Gasteiger partial charge in [0.15, 0.2) is 0 Å². The van der Waals surface area contributed by atoms with Crippen molar-refractivity contribution in [3.8, 4) is 0 Å². The Morgan fingerprint density at radius 2 is 1.94 bits per heavy atom. The Morgan fingerprint density at radius 3 is 2.47 bits per heavy atom. The molecular formula is C12H17BrN4. The van der Waals surface area contributed by atoms with E-state index in [-0.39, 0.29) is 0 Å². The Labute approximate surface area is 110 Å². The van der Waals surface area contributed by atoms with Gasteiger partial charge in [0.1, 0.15) is 10.4 Å². The highest BCUT2D eigenvalue weighted by Gasteiger charge is 2.41. The molecule has 2 saturated carbocycles. The fourth-order valence-corrected chi connectivity index (χ4v) is 2.89. The van der Waals surface area contributed by atoms with Gasteiger partial charge in [0.25, 0.3) is 0 Å². The van der Waals surface area contributed by atoms with Gasteiger partial charge < -0.3 is 11.1 Å². The fraction of sp³-hybridized carbons (Fsp3) is 0.667. The average Bonchev–Trinajstić information content (AvgIpc) is 3.12. The van der Waals surface area contributed by atoms with Crippen LogP contribution in [0, 0.1) is 17.8 Å². The van der Waals surface area contributed by atoms with E-state index in [9.17, 15) is 0 Å². The van der Waals surface area contributed by atoms with Crippen molar-refractivity contribution in [1.29, 1.82) is 0 Å². The van der Waals surface area contributed by atoms with Crippen molar-refractivity contribution in [3.05, 3.63) is 10.7 Å². The summed E-state index contributed by atoms with van der Waals surface area (Å²) >= 11 is 3.33. The average molecular weight is 297 g/mol. The molecule has 0 amide bonds. The minimum atomic E-state index is 0.503. The maximum Gasteiger partial charge on any atom is 0.225 e. The van der Waals surface area contributed by atoms with Gasteiger partial charge in [-0.1, -0.05) is 0 Å². The van der Waals surface area contributed by atoms with Crippen LogP contribution in [0.5, 0.6) is 0 Å². The molecule has 2 aliphatic rings. The molecule has 0 bridgehead atoms. The van der Waals surface area contributed by atoms with Gasteiger partial charge in [-0.3, -0.25) is 0 Å². The molecule has 0 aliphatic heterocycles. The van der Waals surface area contributed by atoms with E-state index in [2.05, 4.69) is 31.2 Å². The quantitative estimate of drug-likeness (QED) is 0.820. The minimum absolute atomic E-state index is 0.503. The van der Waals surface area contributed by atoms with Crippen LogP contribution in [0.3, 0.4) is 0 Å². The molecule has 4 nitrogen and oxygen atoms in total. The van der Waals surface area contributed by atoms with Gasteiger partial charge in [0.2, 0.25) is 5.95 Å². The number of nitrogens with zero attached hydrogens (tertiary/aromatic N) is 2. The highest BCUT2D eigenvalue weighted by atomic mass is 79.9. The van der Waals surface area contributed by atoms with Gasteiger partial charge in [0.05, 0.1) is 0 Å². The molecule has 0 spiro atoms. The maximum absolute atomic E-state index is 5.69. The molecule has 2 aliphatic carbocycles. The van der Waals surface area contributed by atoms with E-state index in [0.29, 0.717) is 11.8 Å². The molecule has 0 atom stereocenters. The van der Waals surface area contributed by atoms with Crippen molar-refractivity contribution in [3.63, 3.8) is 0 Å². The van der Waals surface area contributed by atoms with Crippen LogP contribution >= 0.6 is 15.9 Å². The fourth-order valence-electron chi connectivity index (χ4n) is 2.49. The van der Waals surface area contributed by atoms with E-state index in [0.717, 1.165) is 28.9 Å². The van der Waals surface area contributed by atoms with Crippen molar-refractivity contribution < 1.29 is 0 Å². The van der Waals surface area contributed by atoms with Crippen LogP contribution in [0.2, 0.25) is 0 Å². The number of nitrogen functional groups attached to an aromatic ring is 1. The molecule has 1 heterocycles. The largest absolute Gasteiger partial charge is 0.383 e. The summed E-state index contributed by atoms with van der Waals surface area (Å²) in [5.41, 5.74) is 5.69. The Bertz CT molecular complexity index is 383. The second-order valence-electron chi connectivity index (χ2n) is 5.16. The van der Waals surface area contributed by atoms with Crippen LogP contribution in [-0.2, 0) is 0 Å².